The summed E-state index contributed by atoms with van der Waals surface area (Å²) in [6.45, 7) is 9.03. The summed E-state index contributed by atoms with van der Waals surface area (Å²) in [7, 11) is 1.79. The number of aliphatic imine (C=N–C) groups is 1. The first-order valence-electron chi connectivity index (χ1n) is 8.27. The summed E-state index contributed by atoms with van der Waals surface area (Å²) in [5.74, 6) is 2.48. The quantitative estimate of drug-likeness (QED) is 0.454. The van der Waals surface area contributed by atoms with Gasteiger partial charge in [-0.3, -0.25) is 4.99 Å². The number of nitrogens with one attached hydrogen (secondary N) is 2. The number of guanidine groups is 1. The highest BCUT2D eigenvalue weighted by molar-refractivity contribution is 7.98. The first-order valence-corrected chi connectivity index (χ1v) is 9.66. The number of hydrogen-bond donors (Lipinski definition) is 2. The smallest absolute Gasteiger partial charge is 0.410 e. The van der Waals surface area contributed by atoms with Crippen LogP contribution in [-0.4, -0.2) is 67.8 Å². The van der Waals surface area contributed by atoms with Gasteiger partial charge in [0.15, 0.2) is 5.96 Å². The maximum Gasteiger partial charge on any atom is 0.410 e. The number of carbonyl (C=O) groups excluding carboxylic acids is 1. The Balaban J connectivity index is 2.27. The second-order valence-corrected chi connectivity index (χ2v) is 7.77. The standard InChI is InChI=1S/C16H32N4O2S/c1-16(2,3)22-15(21)20-9-6-13(7-10-20)12-19-14(17-4)18-8-11-23-5/h13H,6-12H2,1-5H3,(H2,17,18,19). The number of amides is 1. The second-order valence-electron chi connectivity index (χ2n) is 6.78. The molecule has 0 spiro atoms. The van der Waals surface area contributed by atoms with Crippen LogP contribution >= 0.6 is 11.8 Å². The van der Waals surface area contributed by atoms with Gasteiger partial charge in [0, 0.05) is 39.0 Å². The lowest BCUT2D eigenvalue weighted by molar-refractivity contribution is 0.0185. The predicted octanol–water partition coefficient (Wildman–Crippen LogP) is 2.16. The lowest BCUT2D eigenvalue weighted by atomic mass is 9.97. The van der Waals surface area contributed by atoms with Crippen LogP contribution in [-0.2, 0) is 4.74 Å². The molecule has 0 radical (unpaired) electrons. The molecule has 134 valence electrons. The van der Waals surface area contributed by atoms with Gasteiger partial charge >= 0.3 is 6.09 Å². The van der Waals surface area contributed by atoms with Gasteiger partial charge in [-0.1, -0.05) is 0 Å². The van der Waals surface area contributed by atoms with E-state index >= 15 is 0 Å². The van der Waals surface area contributed by atoms with Crippen LogP contribution in [0.2, 0.25) is 0 Å². The van der Waals surface area contributed by atoms with Crippen molar-refractivity contribution in [1.82, 2.24) is 15.5 Å². The molecule has 0 bridgehead atoms. The molecule has 0 aromatic rings. The third-order valence-corrected chi connectivity index (χ3v) is 4.26. The summed E-state index contributed by atoms with van der Waals surface area (Å²) in [5, 5.41) is 6.67. The number of likely N-dealkylation sites (tertiary alicyclic amines) is 1. The molecule has 6 nitrogen and oxygen atoms in total. The van der Waals surface area contributed by atoms with E-state index in [-0.39, 0.29) is 6.09 Å². The first-order chi connectivity index (χ1) is 10.9. The number of thioether (sulfide) groups is 1. The van der Waals surface area contributed by atoms with Crippen LogP contribution in [0, 0.1) is 5.92 Å². The zero-order chi connectivity index (χ0) is 17.3. The molecule has 1 aliphatic rings. The van der Waals surface area contributed by atoms with Gasteiger partial charge in [-0.15, -0.1) is 0 Å². The Bertz CT molecular complexity index is 388. The summed E-state index contributed by atoms with van der Waals surface area (Å²) in [5.41, 5.74) is -0.426. The molecule has 1 amide bonds. The van der Waals surface area contributed by atoms with E-state index in [1.807, 2.05) is 37.4 Å². The third kappa shape index (κ3) is 8.34. The fourth-order valence-corrected chi connectivity index (χ4v) is 2.69. The van der Waals surface area contributed by atoms with E-state index in [2.05, 4.69) is 21.9 Å². The Morgan fingerprint density at radius 1 is 1.30 bits per heavy atom. The van der Waals surface area contributed by atoms with Crippen molar-refractivity contribution in [1.29, 1.82) is 0 Å². The number of hydrogen-bond acceptors (Lipinski definition) is 4. The molecule has 23 heavy (non-hydrogen) atoms. The summed E-state index contributed by atoms with van der Waals surface area (Å²) in [4.78, 5) is 18.1. The Kier molecular flexibility index (Phi) is 8.58. The molecule has 0 aromatic heterocycles. The van der Waals surface area contributed by atoms with E-state index < -0.39 is 5.60 Å². The lowest BCUT2D eigenvalue weighted by Gasteiger charge is -2.33. The topological polar surface area (TPSA) is 66.0 Å². The largest absolute Gasteiger partial charge is 0.444 e. The molecule has 1 heterocycles. The summed E-state index contributed by atoms with van der Waals surface area (Å²) in [6.07, 6.45) is 3.89. The molecular formula is C16H32N4O2S. The van der Waals surface area contributed by atoms with Crippen molar-refractivity contribution in [2.24, 2.45) is 10.9 Å². The molecule has 2 N–H and O–H groups in total. The van der Waals surface area contributed by atoms with Gasteiger partial charge in [0.2, 0.25) is 0 Å². The average molecular weight is 345 g/mol. The van der Waals surface area contributed by atoms with Crippen LogP contribution in [0.15, 0.2) is 4.99 Å². The molecule has 1 saturated heterocycles. The van der Waals surface area contributed by atoms with Gasteiger partial charge < -0.3 is 20.3 Å². The Labute approximate surface area is 144 Å². The molecular weight excluding hydrogens is 312 g/mol. The average Bonchev–Trinajstić information content (AvgIpc) is 2.49. The van der Waals surface area contributed by atoms with Crippen LogP contribution in [0.25, 0.3) is 0 Å². The van der Waals surface area contributed by atoms with E-state index in [4.69, 9.17) is 4.74 Å². The SMILES string of the molecule is CN=C(NCCSC)NCC1CCN(C(=O)OC(C)(C)C)CC1. The lowest BCUT2D eigenvalue weighted by Crippen LogP contribution is -2.45. The molecule has 0 aromatic carbocycles. The van der Waals surface area contributed by atoms with Crippen molar-refractivity contribution in [2.75, 3.05) is 45.2 Å². The van der Waals surface area contributed by atoms with Gasteiger partial charge in [-0.25, -0.2) is 4.79 Å². The van der Waals surface area contributed by atoms with Crippen molar-refractivity contribution in [2.45, 2.75) is 39.2 Å². The van der Waals surface area contributed by atoms with Gasteiger partial charge in [-0.05, 0) is 45.8 Å². The van der Waals surface area contributed by atoms with Gasteiger partial charge in [-0.2, -0.15) is 11.8 Å². The molecule has 0 unspecified atom stereocenters. The van der Waals surface area contributed by atoms with Crippen LogP contribution in [0.1, 0.15) is 33.6 Å². The summed E-state index contributed by atoms with van der Waals surface area (Å²) in [6, 6.07) is 0. The Morgan fingerprint density at radius 2 is 1.96 bits per heavy atom. The third-order valence-electron chi connectivity index (χ3n) is 3.65. The van der Waals surface area contributed by atoms with Crippen molar-refractivity contribution in [3.8, 4) is 0 Å². The molecule has 7 heteroatoms. The minimum absolute atomic E-state index is 0.196. The number of rotatable bonds is 5. The fourth-order valence-electron chi connectivity index (χ4n) is 2.38. The van der Waals surface area contributed by atoms with E-state index in [1.54, 1.807) is 7.05 Å². The number of nitrogens with zero attached hydrogens (tertiary/aromatic N) is 2. The first kappa shape index (κ1) is 19.9. The summed E-state index contributed by atoms with van der Waals surface area (Å²) >= 11 is 1.81. The molecule has 0 aliphatic carbocycles. The second kappa shape index (κ2) is 9.90. The normalized spacial score (nSPS) is 17.1. The van der Waals surface area contributed by atoms with Crippen LogP contribution in [0.3, 0.4) is 0 Å². The van der Waals surface area contributed by atoms with E-state index in [1.165, 1.54) is 0 Å². The maximum absolute atomic E-state index is 12.0. The minimum Gasteiger partial charge on any atom is -0.444 e. The van der Waals surface area contributed by atoms with E-state index in [0.29, 0.717) is 5.92 Å². The summed E-state index contributed by atoms with van der Waals surface area (Å²) < 4.78 is 5.42. The monoisotopic (exact) mass is 344 g/mol. The van der Waals surface area contributed by atoms with Crippen molar-refractivity contribution < 1.29 is 9.53 Å². The van der Waals surface area contributed by atoms with Gasteiger partial charge in [0.1, 0.15) is 5.60 Å². The molecule has 1 fully saturated rings. The zero-order valence-electron chi connectivity index (χ0n) is 15.1. The van der Waals surface area contributed by atoms with Gasteiger partial charge in [0.05, 0.1) is 0 Å². The Morgan fingerprint density at radius 3 is 2.48 bits per heavy atom. The highest BCUT2D eigenvalue weighted by atomic mass is 32.2. The molecule has 1 rings (SSSR count). The van der Waals surface area contributed by atoms with Crippen molar-refractivity contribution in [3.63, 3.8) is 0 Å². The highest BCUT2D eigenvalue weighted by Crippen LogP contribution is 2.19. The van der Waals surface area contributed by atoms with Crippen LogP contribution in [0.5, 0.6) is 0 Å². The number of ether oxygens (including phenoxy) is 1. The number of carbonyl (C=O) groups is 1. The predicted molar refractivity (Wildman–Crippen MR) is 98.3 cm³/mol. The van der Waals surface area contributed by atoms with Crippen molar-refractivity contribution in [3.05, 3.63) is 0 Å². The van der Waals surface area contributed by atoms with Crippen molar-refractivity contribution >= 4 is 23.8 Å². The van der Waals surface area contributed by atoms with Crippen LogP contribution < -0.4 is 10.6 Å². The number of piperidine rings is 1. The molecule has 0 saturated carbocycles. The van der Waals surface area contributed by atoms with E-state index in [9.17, 15) is 4.79 Å². The zero-order valence-corrected chi connectivity index (χ0v) is 16.0. The molecule has 1 aliphatic heterocycles. The minimum atomic E-state index is -0.426. The maximum atomic E-state index is 12.0. The van der Waals surface area contributed by atoms with E-state index in [0.717, 1.165) is 50.7 Å². The Hall–Kier alpha value is -1.11. The van der Waals surface area contributed by atoms with Crippen LogP contribution in [0.4, 0.5) is 4.79 Å². The molecule has 0 atom stereocenters. The van der Waals surface area contributed by atoms with Gasteiger partial charge in [0.25, 0.3) is 0 Å². The fraction of sp³-hybridized carbons (Fsp3) is 0.875. The highest BCUT2D eigenvalue weighted by Gasteiger charge is 2.26.